The minimum atomic E-state index is -0.916. The molecule has 20 heavy (non-hydrogen) atoms. The van der Waals surface area contributed by atoms with E-state index in [4.69, 9.17) is 28.5 Å². The molecule has 0 aliphatic rings. The van der Waals surface area contributed by atoms with E-state index in [1.165, 1.54) is 12.1 Å². The molecule has 104 valence electrons. The number of benzene rings is 1. The molecule has 1 aromatic rings. The van der Waals surface area contributed by atoms with E-state index in [0.29, 0.717) is 10.6 Å². The van der Waals surface area contributed by atoms with E-state index in [9.17, 15) is 9.59 Å². The molecule has 0 aliphatic carbocycles. The summed E-state index contributed by atoms with van der Waals surface area (Å²) >= 11 is 11.7. The molecule has 0 spiro atoms. The van der Waals surface area contributed by atoms with Gasteiger partial charge in [-0.25, -0.2) is 4.79 Å². The molecule has 0 saturated heterocycles. The van der Waals surface area contributed by atoms with Crippen LogP contribution in [0.3, 0.4) is 0 Å². The molecular weight excluding hydrogens is 303 g/mol. The zero-order chi connectivity index (χ0) is 15.1. The molecule has 7 heteroatoms. The zero-order valence-corrected chi connectivity index (χ0v) is 12.0. The molecule has 2 amide bonds. The first kappa shape index (κ1) is 16.0. The summed E-state index contributed by atoms with van der Waals surface area (Å²) in [5.74, 6) is -0.864. The maximum absolute atomic E-state index is 11.7. The van der Waals surface area contributed by atoms with E-state index in [0.717, 1.165) is 0 Å². The number of carbonyl (C=O) groups excluding carboxylic acids is 2. The predicted octanol–water partition coefficient (Wildman–Crippen LogP) is 3.17. The highest BCUT2D eigenvalue weighted by Crippen LogP contribution is 2.23. The van der Waals surface area contributed by atoms with Gasteiger partial charge >= 0.3 is 6.09 Å². The van der Waals surface area contributed by atoms with Crippen LogP contribution in [-0.2, 0) is 9.53 Å². The Kier molecular flexibility index (Phi) is 6.04. The van der Waals surface area contributed by atoms with Gasteiger partial charge in [-0.1, -0.05) is 29.3 Å². The molecule has 0 aromatic heterocycles. The van der Waals surface area contributed by atoms with Gasteiger partial charge in [0, 0.05) is 10.0 Å². The van der Waals surface area contributed by atoms with Crippen molar-refractivity contribution in [3.05, 3.63) is 39.4 Å². The summed E-state index contributed by atoms with van der Waals surface area (Å²) in [5, 5.41) is 11.6. The SMILES string of the molecule is CCOC(=O)NC(=O)/C(C#N)=C/c1ccc(Cl)cc1Cl. The average molecular weight is 313 g/mol. The van der Waals surface area contributed by atoms with E-state index in [2.05, 4.69) is 4.74 Å². The van der Waals surface area contributed by atoms with Crippen LogP contribution in [0.4, 0.5) is 4.79 Å². The van der Waals surface area contributed by atoms with E-state index >= 15 is 0 Å². The first-order chi connectivity index (χ1) is 9.47. The number of amides is 2. The maximum Gasteiger partial charge on any atom is 0.414 e. The molecule has 0 heterocycles. The van der Waals surface area contributed by atoms with Gasteiger partial charge in [-0.05, 0) is 30.7 Å². The highest BCUT2D eigenvalue weighted by atomic mass is 35.5. The number of imide groups is 1. The van der Waals surface area contributed by atoms with Gasteiger partial charge in [0.25, 0.3) is 5.91 Å². The molecule has 0 fully saturated rings. The lowest BCUT2D eigenvalue weighted by molar-refractivity contribution is -0.116. The Morgan fingerprint density at radius 3 is 2.70 bits per heavy atom. The Bertz CT molecular complexity index is 606. The quantitative estimate of drug-likeness (QED) is 0.686. The van der Waals surface area contributed by atoms with Gasteiger partial charge in [-0.2, -0.15) is 5.26 Å². The molecule has 1 N–H and O–H groups in total. The number of hydrogen-bond donors (Lipinski definition) is 1. The van der Waals surface area contributed by atoms with Crippen molar-refractivity contribution in [1.29, 1.82) is 5.26 Å². The van der Waals surface area contributed by atoms with Crippen LogP contribution in [-0.4, -0.2) is 18.6 Å². The van der Waals surface area contributed by atoms with Crippen molar-refractivity contribution in [2.24, 2.45) is 0 Å². The topological polar surface area (TPSA) is 79.2 Å². The average Bonchev–Trinajstić information content (AvgIpc) is 2.38. The second-order valence-electron chi connectivity index (χ2n) is 3.51. The van der Waals surface area contributed by atoms with Crippen molar-refractivity contribution in [2.75, 3.05) is 6.61 Å². The first-order valence-corrected chi connectivity index (χ1v) is 6.28. The fraction of sp³-hybridized carbons (Fsp3) is 0.154. The monoisotopic (exact) mass is 312 g/mol. The molecule has 0 unspecified atom stereocenters. The predicted molar refractivity (Wildman–Crippen MR) is 75.2 cm³/mol. The van der Waals surface area contributed by atoms with Crippen molar-refractivity contribution < 1.29 is 14.3 Å². The van der Waals surface area contributed by atoms with Crippen LogP contribution in [0, 0.1) is 11.3 Å². The molecular formula is C13H10Cl2N2O3. The van der Waals surface area contributed by atoms with Crippen LogP contribution in [0.15, 0.2) is 23.8 Å². The summed E-state index contributed by atoms with van der Waals surface area (Å²) < 4.78 is 4.55. The summed E-state index contributed by atoms with van der Waals surface area (Å²) in [4.78, 5) is 22.8. The van der Waals surface area contributed by atoms with Crippen LogP contribution in [0.5, 0.6) is 0 Å². The lowest BCUT2D eigenvalue weighted by atomic mass is 10.1. The van der Waals surface area contributed by atoms with Crippen molar-refractivity contribution in [2.45, 2.75) is 6.92 Å². The lowest BCUT2D eigenvalue weighted by Crippen LogP contribution is -2.31. The number of hydrogen-bond acceptors (Lipinski definition) is 4. The van der Waals surface area contributed by atoms with E-state index in [1.54, 1.807) is 25.1 Å². The van der Waals surface area contributed by atoms with Gasteiger partial charge in [0.05, 0.1) is 6.61 Å². The number of nitriles is 1. The highest BCUT2D eigenvalue weighted by Gasteiger charge is 2.14. The third-order valence-corrected chi connectivity index (χ3v) is 2.68. The minimum absolute atomic E-state index is 0.119. The lowest BCUT2D eigenvalue weighted by Gasteiger charge is -2.04. The molecule has 5 nitrogen and oxygen atoms in total. The second-order valence-corrected chi connectivity index (χ2v) is 4.35. The number of nitrogens with zero attached hydrogens (tertiary/aromatic N) is 1. The molecule has 0 aliphatic heterocycles. The highest BCUT2D eigenvalue weighted by molar-refractivity contribution is 6.35. The summed E-state index contributed by atoms with van der Waals surface area (Å²) in [6.07, 6.45) is 0.341. The molecule has 0 bridgehead atoms. The number of carbonyl (C=O) groups is 2. The van der Waals surface area contributed by atoms with Gasteiger partial charge in [0.2, 0.25) is 0 Å². The molecule has 1 aromatic carbocycles. The van der Waals surface area contributed by atoms with Gasteiger partial charge in [-0.15, -0.1) is 0 Å². The van der Waals surface area contributed by atoms with Crippen LogP contribution >= 0.6 is 23.2 Å². The third kappa shape index (κ3) is 4.57. The van der Waals surface area contributed by atoms with Crippen LogP contribution < -0.4 is 5.32 Å². The maximum atomic E-state index is 11.7. The van der Waals surface area contributed by atoms with E-state index in [-0.39, 0.29) is 17.2 Å². The molecule has 1 rings (SSSR count). The number of nitrogens with one attached hydrogen (secondary N) is 1. The smallest absolute Gasteiger partial charge is 0.414 e. The standard InChI is InChI=1S/C13H10Cl2N2O3/c1-2-20-13(19)17-12(18)9(7-16)5-8-3-4-10(14)6-11(8)15/h3-6H,2H2,1H3,(H,17,18,19)/b9-5+. The molecule has 0 radical (unpaired) electrons. The van der Waals surface area contributed by atoms with Crippen LogP contribution in [0.2, 0.25) is 10.0 Å². The fourth-order valence-electron chi connectivity index (χ4n) is 1.25. The Hall–Kier alpha value is -2.03. The summed E-state index contributed by atoms with van der Waals surface area (Å²) in [5.41, 5.74) is 0.161. The molecule has 0 atom stereocenters. The molecule has 0 saturated carbocycles. The third-order valence-electron chi connectivity index (χ3n) is 2.12. The minimum Gasteiger partial charge on any atom is -0.450 e. The van der Waals surface area contributed by atoms with Gasteiger partial charge < -0.3 is 4.74 Å². The number of rotatable bonds is 3. The van der Waals surface area contributed by atoms with Crippen molar-refractivity contribution in [3.63, 3.8) is 0 Å². The summed E-state index contributed by atoms with van der Waals surface area (Å²) in [6, 6.07) is 6.29. The Morgan fingerprint density at radius 2 is 2.15 bits per heavy atom. The number of halogens is 2. The van der Waals surface area contributed by atoms with Gasteiger partial charge in [0.1, 0.15) is 11.6 Å². The Labute approximate surface area is 125 Å². The summed E-state index contributed by atoms with van der Waals surface area (Å²) in [6.45, 7) is 1.71. The van der Waals surface area contributed by atoms with E-state index < -0.39 is 12.0 Å². The first-order valence-electron chi connectivity index (χ1n) is 5.53. The van der Waals surface area contributed by atoms with Crippen LogP contribution in [0.1, 0.15) is 12.5 Å². The number of ether oxygens (including phenoxy) is 1. The van der Waals surface area contributed by atoms with Crippen molar-refractivity contribution in [3.8, 4) is 6.07 Å². The van der Waals surface area contributed by atoms with Crippen molar-refractivity contribution in [1.82, 2.24) is 5.32 Å². The second kappa shape index (κ2) is 7.53. The van der Waals surface area contributed by atoms with Crippen LogP contribution in [0.25, 0.3) is 6.08 Å². The number of alkyl carbamates (subject to hydrolysis) is 1. The van der Waals surface area contributed by atoms with E-state index in [1.807, 2.05) is 5.32 Å². The summed E-state index contributed by atoms with van der Waals surface area (Å²) in [7, 11) is 0. The zero-order valence-electron chi connectivity index (χ0n) is 10.4. The largest absolute Gasteiger partial charge is 0.450 e. The fourth-order valence-corrected chi connectivity index (χ4v) is 1.71. The van der Waals surface area contributed by atoms with Gasteiger partial charge in [0.15, 0.2) is 0 Å². The van der Waals surface area contributed by atoms with Gasteiger partial charge in [-0.3, -0.25) is 10.1 Å². The Morgan fingerprint density at radius 1 is 1.45 bits per heavy atom. The van der Waals surface area contributed by atoms with Crippen molar-refractivity contribution >= 4 is 41.3 Å². The normalized spacial score (nSPS) is 10.6. The Balaban J connectivity index is 2.95.